The molecule has 6 aromatic rings. The normalized spacial score (nSPS) is 16.9. The van der Waals surface area contributed by atoms with Crippen LogP contribution in [0.3, 0.4) is 0 Å². The number of H-pyrrole nitrogens is 1. The molecule has 32 heavy (non-hydrogen) atoms. The van der Waals surface area contributed by atoms with E-state index in [1.165, 1.54) is 49.6 Å². The molecule has 0 amide bonds. The van der Waals surface area contributed by atoms with Crippen molar-refractivity contribution in [2.75, 3.05) is 0 Å². The Morgan fingerprint density at radius 3 is 2.22 bits per heavy atom. The Kier molecular flexibility index (Phi) is 3.51. The van der Waals surface area contributed by atoms with Crippen molar-refractivity contribution in [3.63, 3.8) is 0 Å². The molecule has 4 aromatic carbocycles. The van der Waals surface area contributed by atoms with Crippen molar-refractivity contribution in [1.29, 1.82) is 0 Å². The molecule has 1 aliphatic rings. The molecule has 150 valence electrons. The van der Waals surface area contributed by atoms with E-state index in [1.54, 1.807) is 0 Å². The summed E-state index contributed by atoms with van der Waals surface area (Å²) in [6.45, 7) is 0. The predicted octanol–water partition coefficient (Wildman–Crippen LogP) is 7.08. The predicted molar refractivity (Wildman–Crippen MR) is 131 cm³/mol. The number of fused-ring (bicyclic) bond motifs is 6. The van der Waals surface area contributed by atoms with Gasteiger partial charge in [-0.2, -0.15) is 0 Å². The zero-order valence-electron chi connectivity index (χ0n) is 17.4. The minimum atomic E-state index is -0.457. The van der Waals surface area contributed by atoms with E-state index in [9.17, 15) is 0 Å². The van der Waals surface area contributed by atoms with Crippen LogP contribution in [0.1, 0.15) is 22.4 Å². The molecule has 0 aliphatic heterocycles. The van der Waals surface area contributed by atoms with E-state index >= 15 is 0 Å². The van der Waals surface area contributed by atoms with Crippen LogP contribution in [-0.4, -0.2) is 9.97 Å². The number of hydrogen-bond donors (Lipinski definition) is 1. The van der Waals surface area contributed by atoms with Crippen molar-refractivity contribution >= 4 is 21.8 Å². The Bertz CT molecular complexity index is 1570. The molecule has 2 heteroatoms. The first-order valence-electron chi connectivity index (χ1n) is 11.0. The first-order chi connectivity index (χ1) is 15.9. The van der Waals surface area contributed by atoms with Crippen LogP contribution in [0.15, 0.2) is 115 Å². The van der Waals surface area contributed by atoms with Gasteiger partial charge < -0.3 is 4.98 Å². The van der Waals surface area contributed by atoms with Crippen LogP contribution in [0, 0.1) is 0 Å². The van der Waals surface area contributed by atoms with Crippen LogP contribution in [-0.2, 0) is 5.41 Å². The van der Waals surface area contributed by atoms with Gasteiger partial charge in [-0.1, -0.05) is 78.9 Å². The highest BCUT2D eigenvalue weighted by Crippen LogP contribution is 2.56. The SMILES string of the molecule is c1ccc([C@]2(c3ccccn3)c3ccccc3-c3cc4[nH]c5ccccc5c4cc32)cc1. The van der Waals surface area contributed by atoms with Gasteiger partial charge in [0, 0.05) is 28.0 Å². The lowest BCUT2D eigenvalue weighted by molar-refractivity contribution is 0.735. The monoisotopic (exact) mass is 408 g/mol. The standard InChI is InChI=1S/C30H20N2/c1-2-10-20(11-3-1)30(29-16-8-9-17-31-29)25-14-6-4-12-21(25)23-19-28-24(18-26(23)30)22-13-5-7-15-27(22)32-28/h1-19,32H/t30-/m0/s1. The molecule has 2 nitrogen and oxygen atoms in total. The summed E-state index contributed by atoms with van der Waals surface area (Å²) < 4.78 is 0. The van der Waals surface area contributed by atoms with Gasteiger partial charge >= 0.3 is 0 Å². The molecule has 0 saturated carbocycles. The van der Waals surface area contributed by atoms with Crippen LogP contribution in [0.2, 0.25) is 0 Å². The first kappa shape index (κ1) is 17.5. The van der Waals surface area contributed by atoms with Gasteiger partial charge in [0.05, 0.1) is 11.1 Å². The highest BCUT2D eigenvalue weighted by atomic mass is 14.7. The van der Waals surface area contributed by atoms with Gasteiger partial charge in [0.25, 0.3) is 0 Å². The molecular weight excluding hydrogens is 388 g/mol. The number of hydrogen-bond acceptors (Lipinski definition) is 1. The maximum Gasteiger partial charge on any atom is 0.0886 e. The Labute approximate surface area is 186 Å². The Morgan fingerprint density at radius 2 is 1.34 bits per heavy atom. The zero-order chi connectivity index (χ0) is 21.1. The molecule has 0 radical (unpaired) electrons. The third kappa shape index (κ3) is 2.16. The third-order valence-corrected chi connectivity index (χ3v) is 6.93. The van der Waals surface area contributed by atoms with Gasteiger partial charge in [-0.15, -0.1) is 0 Å². The fourth-order valence-corrected chi connectivity index (χ4v) is 5.63. The number of nitrogens with one attached hydrogen (secondary N) is 1. The Morgan fingerprint density at radius 1 is 0.562 bits per heavy atom. The number of aromatic amines is 1. The molecule has 0 unspecified atom stereocenters. The van der Waals surface area contributed by atoms with Crippen LogP contribution in [0.5, 0.6) is 0 Å². The van der Waals surface area contributed by atoms with Crippen molar-refractivity contribution in [2.45, 2.75) is 5.41 Å². The Balaban J connectivity index is 1.70. The van der Waals surface area contributed by atoms with Crippen molar-refractivity contribution in [3.8, 4) is 11.1 Å². The molecule has 0 fully saturated rings. The molecular formula is C30H20N2. The fourth-order valence-electron chi connectivity index (χ4n) is 5.63. The van der Waals surface area contributed by atoms with Crippen LogP contribution in [0.4, 0.5) is 0 Å². The molecule has 0 bridgehead atoms. The van der Waals surface area contributed by atoms with Crippen LogP contribution >= 0.6 is 0 Å². The number of benzene rings is 4. The van der Waals surface area contributed by atoms with Gasteiger partial charge in [-0.05, 0) is 58.1 Å². The van der Waals surface area contributed by atoms with E-state index < -0.39 is 5.41 Å². The first-order valence-corrected chi connectivity index (χ1v) is 11.0. The number of para-hydroxylation sites is 1. The summed E-state index contributed by atoms with van der Waals surface area (Å²) in [4.78, 5) is 8.56. The van der Waals surface area contributed by atoms with E-state index in [0.29, 0.717) is 0 Å². The summed E-state index contributed by atoms with van der Waals surface area (Å²) in [5, 5.41) is 2.51. The number of rotatable bonds is 2. The minimum absolute atomic E-state index is 0.457. The van der Waals surface area contributed by atoms with Crippen molar-refractivity contribution in [1.82, 2.24) is 9.97 Å². The lowest BCUT2D eigenvalue weighted by Crippen LogP contribution is -2.29. The lowest BCUT2D eigenvalue weighted by atomic mass is 9.69. The molecule has 0 spiro atoms. The second-order valence-electron chi connectivity index (χ2n) is 8.49. The van der Waals surface area contributed by atoms with Crippen LogP contribution < -0.4 is 0 Å². The molecule has 0 saturated heterocycles. The molecule has 2 heterocycles. The largest absolute Gasteiger partial charge is 0.354 e. The van der Waals surface area contributed by atoms with E-state index in [-0.39, 0.29) is 0 Å². The van der Waals surface area contributed by atoms with E-state index in [1.807, 2.05) is 12.3 Å². The highest BCUT2D eigenvalue weighted by Gasteiger charge is 2.47. The molecule has 1 aliphatic carbocycles. The van der Waals surface area contributed by atoms with Gasteiger partial charge in [0.1, 0.15) is 0 Å². The lowest BCUT2D eigenvalue weighted by Gasteiger charge is -2.32. The van der Waals surface area contributed by atoms with Gasteiger partial charge in [0.2, 0.25) is 0 Å². The zero-order valence-corrected chi connectivity index (χ0v) is 17.4. The van der Waals surface area contributed by atoms with E-state index in [2.05, 4.69) is 108 Å². The highest BCUT2D eigenvalue weighted by molar-refractivity contribution is 6.09. The summed E-state index contributed by atoms with van der Waals surface area (Å²) in [6, 6.07) is 39.1. The second kappa shape index (κ2) is 6.41. The molecule has 7 rings (SSSR count). The molecule has 1 N–H and O–H groups in total. The summed E-state index contributed by atoms with van der Waals surface area (Å²) in [6.07, 6.45) is 1.91. The van der Waals surface area contributed by atoms with Crippen LogP contribution in [0.25, 0.3) is 32.9 Å². The van der Waals surface area contributed by atoms with E-state index in [0.717, 1.165) is 5.69 Å². The maximum atomic E-state index is 4.93. The minimum Gasteiger partial charge on any atom is -0.354 e. The van der Waals surface area contributed by atoms with Gasteiger partial charge in [-0.25, -0.2) is 0 Å². The number of pyridine rings is 1. The average Bonchev–Trinajstić information content (AvgIpc) is 3.37. The Hall–Kier alpha value is -4.17. The third-order valence-electron chi connectivity index (χ3n) is 6.93. The molecule has 2 aromatic heterocycles. The van der Waals surface area contributed by atoms with Crippen molar-refractivity contribution < 1.29 is 0 Å². The fraction of sp³-hybridized carbons (Fsp3) is 0.0333. The quantitative estimate of drug-likeness (QED) is 0.325. The van der Waals surface area contributed by atoms with Gasteiger partial charge in [0.15, 0.2) is 0 Å². The average molecular weight is 409 g/mol. The van der Waals surface area contributed by atoms with Crippen molar-refractivity contribution in [2.24, 2.45) is 0 Å². The number of nitrogens with zero attached hydrogens (tertiary/aromatic N) is 1. The second-order valence-corrected chi connectivity index (χ2v) is 8.49. The topological polar surface area (TPSA) is 28.7 Å². The van der Waals surface area contributed by atoms with E-state index in [4.69, 9.17) is 4.98 Å². The van der Waals surface area contributed by atoms with Gasteiger partial charge in [-0.3, -0.25) is 4.98 Å². The summed E-state index contributed by atoms with van der Waals surface area (Å²) in [5.41, 5.74) is 9.30. The summed E-state index contributed by atoms with van der Waals surface area (Å²) in [7, 11) is 0. The maximum absolute atomic E-state index is 4.93. The smallest absolute Gasteiger partial charge is 0.0886 e. The van der Waals surface area contributed by atoms with Crippen molar-refractivity contribution in [3.05, 3.63) is 138 Å². The summed E-state index contributed by atoms with van der Waals surface area (Å²) >= 11 is 0. The summed E-state index contributed by atoms with van der Waals surface area (Å²) in [5.74, 6) is 0. The molecule has 1 atom stereocenters. The number of aromatic nitrogens is 2.